The Morgan fingerprint density at radius 3 is 2.44 bits per heavy atom. The predicted octanol–water partition coefficient (Wildman–Crippen LogP) is 0.714. The van der Waals surface area contributed by atoms with Gasteiger partial charge in [0.2, 0.25) is 0 Å². The molecule has 1 aromatic rings. The van der Waals surface area contributed by atoms with Gasteiger partial charge < -0.3 is 26.8 Å². The Kier molecular flexibility index (Phi) is 4.35. The first-order valence-corrected chi connectivity index (χ1v) is 10.4. The van der Waals surface area contributed by atoms with Gasteiger partial charge in [0.05, 0.1) is 23.2 Å². The van der Waals surface area contributed by atoms with Crippen molar-refractivity contribution in [2.75, 3.05) is 18.8 Å². The fourth-order valence-corrected chi connectivity index (χ4v) is 5.74. The number of anilines is 1. The molecule has 9 nitrogen and oxygen atoms in total. The van der Waals surface area contributed by atoms with Crippen LogP contribution in [0.15, 0.2) is 23.0 Å². The summed E-state index contributed by atoms with van der Waals surface area (Å²) in [4.78, 5) is 40.5. The summed E-state index contributed by atoms with van der Waals surface area (Å²) in [6, 6.07) is 0.216. The van der Waals surface area contributed by atoms with Crippen LogP contribution in [0.3, 0.4) is 0 Å². The number of rotatable bonds is 2. The number of aliphatic hydroxyl groups excluding tert-OH is 2. The molecule has 10 heteroatoms. The number of likely N-dealkylation sites (tertiary alicyclic amines) is 1. The van der Waals surface area contributed by atoms with Crippen LogP contribution >= 0.6 is 0 Å². The highest BCUT2D eigenvalue weighted by Gasteiger charge is 2.57. The predicted molar refractivity (Wildman–Crippen MR) is 110 cm³/mol. The van der Waals surface area contributed by atoms with Gasteiger partial charge in [-0.25, -0.2) is 4.39 Å². The maximum absolute atomic E-state index is 14.6. The number of nitrogens with two attached hydrogens (primary N) is 2. The first-order valence-electron chi connectivity index (χ1n) is 10.4. The summed E-state index contributed by atoms with van der Waals surface area (Å²) in [5, 5.41) is 32.0. The van der Waals surface area contributed by atoms with E-state index in [-0.39, 0.29) is 35.2 Å². The number of hydrogen-bond acceptors (Lipinski definition) is 8. The summed E-state index contributed by atoms with van der Waals surface area (Å²) in [7, 11) is 0. The third-order valence-electron chi connectivity index (χ3n) is 7.27. The number of phenolic OH excluding ortho intramolecular Hbond substituents is 1. The number of allylic oxidation sites excluding steroid dienone is 1. The molecule has 7 N–H and O–H groups in total. The van der Waals surface area contributed by atoms with Crippen molar-refractivity contribution in [2.24, 2.45) is 23.5 Å². The van der Waals surface area contributed by atoms with Gasteiger partial charge in [-0.3, -0.25) is 19.3 Å². The Hall–Kier alpha value is -3.40. The zero-order chi connectivity index (χ0) is 23.1. The molecule has 1 saturated carbocycles. The van der Waals surface area contributed by atoms with Crippen molar-refractivity contribution >= 4 is 28.9 Å². The van der Waals surface area contributed by atoms with Gasteiger partial charge in [-0.05, 0) is 31.1 Å². The van der Waals surface area contributed by atoms with Gasteiger partial charge in [-0.1, -0.05) is 0 Å². The van der Waals surface area contributed by atoms with Crippen LogP contribution in [0.4, 0.5) is 10.1 Å². The largest absolute Gasteiger partial charge is 0.510 e. The number of ketones is 2. The van der Waals surface area contributed by atoms with Gasteiger partial charge in [0.25, 0.3) is 5.91 Å². The Morgan fingerprint density at radius 1 is 1.16 bits per heavy atom. The Balaban J connectivity index is 1.68. The van der Waals surface area contributed by atoms with Crippen LogP contribution in [0.25, 0.3) is 5.76 Å². The molecule has 0 aromatic heterocycles. The van der Waals surface area contributed by atoms with Crippen molar-refractivity contribution in [2.45, 2.75) is 25.3 Å². The third kappa shape index (κ3) is 2.56. The van der Waals surface area contributed by atoms with Crippen LogP contribution in [0.5, 0.6) is 5.75 Å². The lowest BCUT2D eigenvalue weighted by Gasteiger charge is -2.49. The van der Waals surface area contributed by atoms with E-state index >= 15 is 0 Å². The molecule has 0 bridgehead atoms. The molecule has 1 aliphatic heterocycles. The topological polar surface area (TPSA) is 167 Å². The van der Waals surface area contributed by atoms with E-state index in [9.17, 15) is 34.1 Å². The smallest absolute Gasteiger partial charge is 0.255 e. The number of benzene rings is 1. The van der Waals surface area contributed by atoms with Gasteiger partial charge in [0.15, 0.2) is 11.6 Å². The summed E-state index contributed by atoms with van der Waals surface area (Å²) in [5.74, 6) is -7.62. The number of aromatic hydroxyl groups is 1. The molecule has 32 heavy (non-hydrogen) atoms. The average molecular weight is 443 g/mol. The first-order chi connectivity index (χ1) is 15.1. The number of halogens is 1. The zero-order valence-corrected chi connectivity index (χ0v) is 17.0. The molecule has 5 rings (SSSR count). The quantitative estimate of drug-likeness (QED) is 0.193. The SMILES string of the molecule is NC(=O)C1=C(O)[C@@H](N2CCC2)[C@@H]2C[C@@H]3Cc4c(F)cc(N)c(O)c4C(O)=C3C(=O)[C@@H]2C1=O. The number of aliphatic hydroxyl groups is 2. The minimum Gasteiger partial charge on any atom is -0.510 e. The van der Waals surface area contributed by atoms with E-state index in [1.54, 1.807) is 0 Å². The highest BCUT2D eigenvalue weighted by Crippen LogP contribution is 2.51. The van der Waals surface area contributed by atoms with Crippen LogP contribution in [0.2, 0.25) is 0 Å². The molecule has 4 aliphatic rings. The molecule has 0 spiro atoms. The maximum atomic E-state index is 14.6. The number of Topliss-reactive ketones (excluding diaryl/α,β-unsaturated/α-hetero) is 2. The van der Waals surface area contributed by atoms with Gasteiger partial charge in [-0.15, -0.1) is 0 Å². The lowest BCUT2D eigenvalue weighted by molar-refractivity contribution is -0.137. The summed E-state index contributed by atoms with van der Waals surface area (Å²) in [5.41, 5.74) is 9.78. The number of primary amides is 1. The van der Waals surface area contributed by atoms with Crippen molar-refractivity contribution in [3.8, 4) is 5.75 Å². The van der Waals surface area contributed by atoms with Crippen molar-refractivity contribution < 1.29 is 34.1 Å². The highest BCUT2D eigenvalue weighted by atomic mass is 19.1. The van der Waals surface area contributed by atoms with Crippen LogP contribution in [-0.4, -0.2) is 56.8 Å². The number of hydrogen-bond donors (Lipinski definition) is 5. The van der Waals surface area contributed by atoms with Gasteiger partial charge in [0, 0.05) is 30.3 Å². The molecule has 1 saturated heterocycles. The summed E-state index contributed by atoms with van der Waals surface area (Å²) in [6.07, 6.45) is 1.07. The minimum absolute atomic E-state index is 0.0113. The van der Waals surface area contributed by atoms with Gasteiger partial charge in [-0.2, -0.15) is 0 Å². The second kappa shape index (κ2) is 6.80. The molecular formula is C22H22FN3O6. The lowest BCUT2D eigenvalue weighted by atomic mass is 9.59. The molecule has 1 amide bonds. The third-order valence-corrected chi connectivity index (χ3v) is 7.27. The van der Waals surface area contributed by atoms with Crippen molar-refractivity contribution in [1.29, 1.82) is 0 Å². The number of carbonyl (C=O) groups is 3. The Morgan fingerprint density at radius 2 is 1.84 bits per heavy atom. The minimum atomic E-state index is -1.32. The van der Waals surface area contributed by atoms with Crippen LogP contribution < -0.4 is 11.5 Å². The van der Waals surface area contributed by atoms with Crippen LogP contribution in [-0.2, 0) is 20.8 Å². The molecule has 2 fully saturated rings. The molecule has 0 radical (unpaired) electrons. The number of nitrogen functional groups attached to an aromatic ring is 1. The molecule has 3 aliphatic carbocycles. The van der Waals surface area contributed by atoms with E-state index in [2.05, 4.69) is 0 Å². The maximum Gasteiger partial charge on any atom is 0.255 e. The van der Waals surface area contributed by atoms with Crippen molar-refractivity contribution in [1.82, 2.24) is 4.90 Å². The summed E-state index contributed by atoms with van der Waals surface area (Å²) >= 11 is 0. The van der Waals surface area contributed by atoms with E-state index < -0.39 is 69.9 Å². The molecule has 1 aromatic carbocycles. The molecule has 0 unspecified atom stereocenters. The first kappa shape index (κ1) is 20.5. The molecular weight excluding hydrogens is 421 g/mol. The normalized spacial score (nSPS) is 29.9. The van der Waals surface area contributed by atoms with Crippen molar-refractivity contribution in [3.05, 3.63) is 39.9 Å². The fraction of sp³-hybridized carbons (Fsp3) is 0.409. The number of nitrogens with zero attached hydrogens (tertiary/aromatic N) is 1. The highest BCUT2D eigenvalue weighted by molar-refractivity contribution is 6.28. The second-order valence-corrected chi connectivity index (χ2v) is 8.88. The van der Waals surface area contributed by atoms with Gasteiger partial charge in [0.1, 0.15) is 28.7 Å². The standard InChI is InChI=1S/C22H22FN3O6/c23-10-6-11(24)17(27)13-8(10)4-7-5-9-14(19(29)12(7)18(13)28)20(30)15(22(25)32)21(31)16(9)26-2-1-3-26/h6-7,9,14,16,27-28,31H,1-5,24H2,(H2,25,32)/t7-,9+,14+,16-/m0/s1. The van der Waals surface area contributed by atoms with Crippen LogP contribution in [0.1, 0.15) is 24.0 Å². The van der Waals surface area contributed by atoms with E-state index in [0.29, 0.717) is 13.1 Å². The molecule has 4 atom stereocenters. The molecule has 1 heterocycles. The number of amides is 1. The monoisotopic (exact) mass is 443 g/mol. The Bertz CT molecular complexity index is 1170. The summed E-state index contributed by atoms with van der Waals surface area (Å²) < 4.78 is 14.6. The van der Waals surface area contributed by atoms with Crippen molar-refractivity contribution in [3.63, 3.8) is 0 Å². The summed E-state index contributed by atoms with van der Waals surface area (Å²) in [6.45, 7) is 1.24. The molecule has 168 valence electrons. The zero-order valence-electron chi connectivity index (χ0n) is 17.0. The van der Waals surface area contributed by atoms with Crippen LogP contribution in [0, 0.1) is 23.6 Å². The number of carbonyl (C=O) groups excluding carboxylic acids is 3. The van der Waals surface area contributed by atoms with E-state index in [1.807, 2.05) is 4.90 Å². The number of phenols is 1. The number of fused-ring (bicyclic) bond motifs is 3. The van der Waals surface area contributed by atoms with E-state index in [4.69, 9.17) is 11.5 Å². The second-order valence-electron chi connectivity index (χ2n) is 8.88. The Labute approximate surface area is 181 Å². The average Bonchev–Trinajstić information content (AvgIpc) is 2.67. The fourth-order valence-electron chi connectivity index (χ4n) is 5.74. The van der Waals surface area contributed by atoms with Gasteiger partial charge >= 0.3 is 0 Å². The van der Waals surface area contributed by atoms with E-state index in [1.165, 1.54) is 0 Å². The van der Waals surface area contributed by atoms with E-state index in [0.717, 1.165) is 12.5 Å². The lowest BCUT2D eigenvalue weighted by Crippen LogP contribution is -2.59.